The maximum absolute atomic E-state index is 12.8. The molecule has 0 aliphatic carbocycles. The maximum Gasteiger partial charge on any atom is 0.305 e. The van der Waals surface area contributed by atoms with Crippen LogP contribution < -0.4 is 4.74 Å². The fourth-order valence-electron chi connectivity index (χ4n) is 3.14. The Labute approximate surface area is 198 Å². The van der Waals surface area contributed by atoms with E-state index in [2.05, 4.69) is 13.0 Å². The number of esters is 1. The minimum atomic E-state index is -0.240. The first-order valence-electron chi connectivity index (χ1n) is 10.7. The molecule has 2 aromatic carbocycles. The second kappa shape index (κ2) is 11.8. The summed E-state index contributed by atoms with van der Waals surface area (Å²) in [6.45, 7) is 5.33. The van der Waals surface area contributed by atoms with Gasteiger partial charge in [-0.1, -0.05) is 67.3 Å². The fraction of sp³-hybridized carbons (Fsp3) is 0.320. The SMILES string of the molecule is CCCOC(=O)CCCN1C(=O)/C(=C\c2cccc(OCc3ccccc3C)c2)SC1=S. The topological polar surface area (TPSA) is 55.8 Å². The van der Waals surface area contributed by atoms with E-state index in [0.717, 1.165) is 23.3 Å². The quantitative estimate of drug-likeness (QED) is 0.260. The number of aryl methyl sites for hydroxylation is 1. The van der Waals surface area contributed by atoms with E-state index < -0.39 is 0 Å². The van der Waals surface area contributed by atoms with Crippen molar-refractivity contribution >= 4 is 46.3 Å². The highest BCUT2D eigenvalue weighted by Crippen LogP contribution is 2.33. The molecule has 32 heavy (non-hydrogen) atoms. The average molecular weight is 470 g/mol. The third-order valence-corrected chi connectivity index (χ3v) is 6.29. The van der Waals surface area contributed by atoms with Gasteiger partial charge in [-0.05, 0) is 54.7 Å². The molecule has 1 aliphatic heterocycles. The van der Waals surface area contributed by atoms with Crippen LogP contribution in [0.15, 0.2) is 53.4 Å². The summed E-state index contributed by atoms with van der Waals surface area (Å²) in [5.74, 6) is 0.367. The molecule has 3 rings (SSSR count). The van der Waals surface area contributed by atoms with E-state index >= 15 is 0 Å². The van der Waals surface area contributed by atoms with Crippen molar-refractivity contribution in [1.29, 1.82) is 0 Å². The first kappa shape index (κ1) is 24.0. The lowest BCUT2D eigenvalue weighted by Gasteiger charge is -2.13. The number of carbonyl (C=O) groups excluding carboxylic acids is 2. The molecule has 0 bridgehead atoms. The van der Waals surface area contributed by atoms with Crippen molar-refractivity contribution in [1.82, 2.24) is 4.90 Å². The number of carbonyl (C=O) groups is 2. The van der Waals surface area contributed by atoms with Crippen LogP contribution in [-0.2, 0) is 20.9 Å². The molecule has 168 valence electrons. The Kier molecular flexibility index (Phi) is 8.88. The molecule has 1 aliphatic rings. The molecule has 0 atom stereocenters. The standard InChI is InChI=1S/C25H27NO4S2/c1-3-14-29-23(27)12-7-13-26-24(28)22(32-25(26)31)16-19-9-6-11-21(15-19)30-17-20-10-5-4-8-18(20)2/h4-6,8-11,15-16H,3,7,12-14,17H2,1-2H3/b22-16+. The number of hydrogen-bond donors (Lipinski definition) is 0. The summed E-state index contributed by atoms with van der Waals surface area (Å²) in [5, 5.41) is 0. The van der Waals surface area contributed by atoms with Crippen molar-refractivity contribution in [2.24, 2.45) is 0 Å². The zero-order valence-electron chi connectivity index (χ0n) is 18.3. The van der Waals surface area contributed by atoms with Crippen LogP contribution in [0, 0.1) is 6.92 Å². The predicted octanol–water partition coefficient (Wildman–Crippen LogP) is 5.51. The number of hydrogen-bond acceptors (Lipinski definition) is 6. The molecule has 0 N–H and O–H groups in total. The number of ether oxygens (including phenoxy) is 2. The lowest BCUT2D eigenvalue weighted by Crippen LogP contribution is -2.29. The van der Waals surface area contributed by atoms with Gasteiger partial charge < -0.3 is 9.47 Å². The molecule has 7 heteroatoms. The highest BCUT2D eigenvalue weighted by atomic mass is 32.2. The van der Waals surface area contributed by atoms with Crippen molar-refractivity contribution < 1.29 is 19.1 Å². The van der Waals surface area contributed by atoms with Crippen molar-refractivity contribution in [3.63, 3.8) is 0 Å². The van der Waals surface area contributed by atoms with Crippen molar-refractivity contribution in [2.45, 2.75) is 39.7 Å². The second-order valence-electron chi connectivity index (χ2n) is 7.45. The summed E-state index contributed by atoms with van der Waals surface area (Å²) in [6.07, 6.45) is 3.42. The summed E-state index contributed by atoms with van der Waals surface area (Å²) in [5.41, 5.74) is 3.19. The molecule has 0 unspecified atom stereocenters. The Bertz CT molecular complexity index is 1020. The van der Waals surface area contributed by atoms with Gasteiger partial charge in [0.1, 0.15) is 16.7 Å². The molecule has 1 saturated heterocycles. The molecular formula is C25H27NO4S2. The van der Waals surface area contributed by atoms with E-state index in [4.69, 9.17) is 21.7 Å². The number of rotatable bonds is 10. The maximum atomic E-state index is 12.8. The number of thioether (sulfide) groups is 1. The van der Waals surface area contributed by atoms with Gasteiger partial charge in [0.25, 0.3) is 5.91 Å². The van der Waals surface area contributed by atoms with Crippen LogP contribution in [0.25, 0.3) is 6.08 Å². The van der Waals surface area contributed by atoms with E-state index in [1.165, 1.54) is 17.3 Å². The van der Waals surface area contributed by atoms with E-state index in [1.807, 2.05) is 55.5 Å². The van der Waals surface area contributed by atoms with Crippen LogP contribution in [-0.4, -0.2) is 34.2 Å². The van der Waals surface area contributed by atoms with Crippen LogP contribution in [0.3, 0.4) is 0 Å². The second-order valence-corrected chi connectivity index (χ2v) is 9.12. The summed E-state index contributed by atoms with van der Waals surface area (Å²) in [4.78, 5) is 26.6. The number of amides is 1. The van der Waals surface area contributed by atoms with Gasteiger partial charge >= 0.3 is 5.97 Å². The fourth-order valence-corrected chi connectivity index (χ4v) is 4.45. The summed E-state index contributed by atoms with van der Waals surface area (Å²) >= 11 is 6.66. The van der Waals surface area contributed by atoms with Gasteiger partial charge in [0, 0.05) is 13.0 Å². The molecule has 0 aromatic heterocycles. The summed E-state index contributed by atoms with van der Waals surface area (Å²) < 4.78 is 11.5. The van der Waals surface area contributed by atoms with E-state index in [9.17, 15) is 9.59 Å². The molecule has 0 radical (unpaired) electrons. The minimum Gasteiger partial charge on any atom is -0.489 e. The highest BCUT2D eigenvalue weighted by molar-refractivity contribution is 8.26. The molecular weight excluding hydrogens is 442 g/mol. The Balaban J connectivity index is 1.59. The normalized spacial score (nSPS) is 14.8. The van der Waals surface area contributed by atoms with Crippen LogP contribution in [0.2, 0.25) is 0 Å². The number of benzene rings is 2. The van der Waals surface area contributed by atoms with Gasteiger partial charge in [-0.3, -0.25) is 14.5 Å². The molecule has 1 amide bonds. The van der Waals surface area contributed by atoms with Crippen LogP contribution >= 0.6 is 24.0 Å². The predicted molar refractivity (Wildman–Crippen MR) is 132 cm³/mol. The smallest absolute Gasteiger partial charge is 0.305 e. The van der Waals surface area contributed by atoms with E-state index in [-0.39, 0.29) is 18.3 Å². The average Bonchev–Trinajstić information content (AvgIpc) is 3.04. The molecule has 0 spiro atoms. The van der Waals surface area contributed by atoms with Gasteiger partial charge in [0.05, 0.1) is 11.5 Å². The number of thiocarbonyl (C=S) groups is 1. The van der Waals surface area contributed by atoms with Crippen molar-refractivity contribution in [3.8, 4) is 5.75 Å². The Morgan fingerprint density at radius 2 is 2.00 bits per heavy atom. The van der Waals surface area contributed by atoms with Gasteiger partial charge in [-0.25, -0.2) is 0 Å². The van der Waals surface area contributed by atoms with Gasteiger partial charge in [-0.2, -0.15) is 0 Å². The lowest BCUT2D eigenvalue weighted by atomic mass is 10.1. The third kappa shape index (κ3) is 6.68. The van der Waals surface area contributed by atoms with E-state index in [1.54, 1.807) is 4.90 Å². The molecule has 5 nitrogen and oxygen atoms in total. The largest absolute Gasteiger partial charge is 0.489 e. The van der Waals surface area contributed by atoms with Crippen LogP contribution in [0.4, 0.5) is 0 Å². The van der Waals surface area contributed by atoms with E-state index in [0.29, 0.717) is 35.4 Å². The zero-order chi connectivity index (χ0) is 22.9. The Morgan fingerprint density at radius 3 is 2.78 bits per heavy atom. The number of nitrogens with zero attached hydrogens (tertiary/aromatic N) is 1. The summed E-state index contributed by atoms with van der Waals surface area (Å²) in [6, 6.07) is 15.8. The molecule has 1 fully saturated rings. The molecule has 0 saturated carbocycles. The lowest BCUT2D eigenvalue weighted by molar-refractivity contribution is -0.144. The van der Waals surface area contributed by atoms with Gasteiger partial charge in [-0.15, -0.1) is 0 Å². The van der Waals surface area contributed by atoms with Crippen molar-refractivity contribution in [3.05, 3.63) is 70.1 Å². The Hall–Kier alpha value is -2.64. The summed E-state index contributed by atoms with van der Waals surface area (Å²) in [7, 11) is 0. The first-order chi connectivity index (χ1) is 15.5. The first-order valence-corrected chi connectivity index (χ1v) is 11.9. The van der Waals surface area contributed by atoms with Crippen LogP contribution in [0.5, 0.6) is 5.75 Å². The Morgan fingerprint density at radius 1 is 1.19 bits per heavy atom. The van der Waals surface area contributed by atoms with Crippen LogP contribution in [0.1, 0.15) is 42.9 Å². The monoisotopic (exact) mass is 469 g/mol. The molecule has 1 heterocycles. The third-order valence-electron chi connectivity index (χ3n) is 4.91. The highest BCUT2D eigenvalue weighted by Gasteiger charge is 2.31. The van der Waals surface area contributed by atoms with Gasteiger partial charge in [0.2, 0.25) is 0 Å². The minimum absolute atomic E-state index is 0.131. The molecule has 2 aromatic rings. The zero-order valence-corrected chi connectivity index (χ0v) is 20.0. The van der Waals surface area contributed by atoms with Gasteiger partial charge in [0.15, 0.2) is 0 Å². The van der Waals surface area contributed by atoms with Crippen molar-refractivity contribution in [2.75, 3.05) is 13.2 Å².